The summed E-state index contributed by atoms with van der Waals surface area (Å²) in [4.78, 5) is 4.66. The van der Waals surface area contributed by atoms with Crippen LogP contribution in [0.2, 0.25) is 0 Å². The Labute approximate surface area is 365 Å². The van der Waals surface area contributed by atoms with E-state index < -0.39 is 0 Å². The second-order valence-corrected chi connectivity index (χ2v) is 15.8. The number of hydrogen-bond acceptors (Lipinski definition) is 2. The van der Waals surface area contributed by atoms with Gasteiger partial charge in [0.05, 0.1) is 0 Å². The molecule has 0 aliphatic heterocycles. The summed E-state index contributed by atoms with van der Waals surface area (Å²) < 4.78 is 0. The van der Waals surface area contributed by atoms with E-state index in [1.54, 1.807) is 0 Å². The monoisotopic (exact) mass is 794 g/mol. The predicted molar refractivity (Wildman–Crippen MR) is 263 cm³/mol. The van der Waals surface area contributed by atoms with Crippen LogP contribution in [0.15, 0.2) is 261 Å². The van der Waals surface area contributed by atoms with E-state index in [1.807, 2.05) is 0 Å². The van der Waals surface area contributed by atoms with Crippen molar-refractivity contribution in [3.63, 3.8) is 0 Å². The van der Waals surface area contributed by atoms with Crippen molar-refractivity contribution in [2.45, 2.75) is 12.3 Å². The highest BCUT2D eigenvalue weighted by Crippen LogP contribution is 2.40. The summed E-state index contributed by atoms with van der Waals surface area (Å²) in [6.07, 6.45) is 9.88. The van der Waals surface area contributed by atoms with E-state index in [0.717, 1.165) is 51.7 Å². The Balaban J connectivity index is 0.917. The van der Waals surface area contributed by atoms with Crippen molar-refractivity contribution in [1.29, 1.82) is 0 Å². The number of para-hydroxylation sites is 1. The van der Waals surface area contributed by atoms with Gasteiger partial charge in [-0.3, -0.25) is 0 Å². The maximum atomic E-state index is 2.33. The largest absolute Gasteiger partial charge is 0.311 e. The van der Waals surface area contributed by atoms with Crippen molar-refractivity contribution in [1.82, 2.24) is 0 Å². The molecule has 1 atom stereocenters. The molecular weight excluding hydrogens is 749 g/mol. The van der Waals surface area contributed by atoms with Crippen LogP contribution in [0, 0.1) is 0 Å². The topological polar surface area (TPSA) is 6.48 Å². The first kappa shape index (κ1) is 38.3. The lowest BCUT2D eigenvalue weighted by Crippen LogP contribution is -2.10. The zero-order valence-corrected chi connectivity index (χ0v) is 34.5. The highest BCUT2D eigenvalue weighted by atomic mass is 15.1. The average molecular weight is 795 g/mol. The van der Waals surface area contributed by atoms with Gasteiger partial charge in [-0.1, -0.05) is 188 Å². The fourth-order valence-electron chi connectivity index (χ4n) is 8.50. The molecule has 0 bridgehead atoms. The third kappa shape index (κ3) is 8.28. The van der Waals surface area contributed by atoms with E-state index >= 15 is 0 Å². The van der Waals surface area contributed by atoms with Gasteiger partial charge in [-0.15, -0.1) is 0 Å². The molecule has 2 heteroatoms. The van der Waals surface area contributed by atoms with Crippen LogP contribution in [0.25, 0.3) is 44.5 Å². The van der Waals surface area contributed by atoms with Crippen molar-refractivity contribution in [3.05, 3.63) is 266 Å². The number of benzene rings is 9. The van der Waals surface area contributed by atoms with E-state index in [4.69, 9.17) is 0 Å². The third-order valence-corrected chi connectivity index (χ3v) is 11.8. The first-order valence-electron chi connectivity index (χ1n) is 21.4. The molecule has 9 aromatic rings. The van der Waals surface area contributed by atoms with Gasteiger partial charge >= 0.3 is 0 Å². The molecule has 2 nitrogen and oxygen atoms in total. The van der Waals surface area contributed by atoms with E-state index in [1.165, 1.54) is 38.9 Å². The van der Waals surface area contributed by atoms with E-state index in [9.17, 15) is 0 Å². The molecule has 0 saturated carbocycles. The Bertz CT molecular complexity index is 2820. The Morgan fingerprint density at radius 3 is 0.839 bits per heavy atom. The molecule has 62 heavy (non-hydrogen) atoms. The summed E-state index contributed by atoms with van der Waals surface area (Å²) >= 11 is 0. The van der Waals surface area contributed by atoms with Gasteiger partial charge in [0.25, 0.3) is 0 Å². The smallest absolute Gasteiger partial charge is 0.0462 e. The zero-order valence-electron chi connectivity index (χ0n) is 34.5. The predicted octanol–water partition coefficient (Wildman–Crippen LogP) is 16.9. The number of hydrogen-bond donors (Lipinski definition) is 0. The van der Waals surface area contributed by atoms with E-state index in [2.05, 4.69) is 271 Å². The van der Waals surface area contributed by atoms with Crippen molar-refractivity contribution < 1.29 is 0 Å². The molecule has 10 rings (SSSR count). The maximum absolute atomic E-state index is 2.33. The molecule has 0 radical (unpaired) electrons. The van der Waals surface area contributed by atoms with Gasteiger partial charge in [-0.05, 0) is 129 Å². The van der Waals surface area contributed by atoms with Crippen LogP contribution in [0.1, 0.15) is 17.9 Å². The standard InChI is InChI=1S/C60H46N2/c1-5-13-45(14-6-1)48-21-23-49(24-22-48)52-29-39-56(40-30-52)61(55-19-11-4-12-20-55)57-41-31-53(32-42-57)54-33-43-60(44-34-54)62(58-35-25-50(26-36-58)46-15-7-2-8-16-46)59-37-27-51(28-38-59)47-17-9-3-10-18-47/h1-13,15-45H,14H2. The summed E-state index contributed by atoms with van der Waals surface area (Å²) in [7, 11) is 0. The molecule has 1 unspecified atom stereocenters. The van der Waals surface area contributed by atoms with E-state index in [-0.39, 0.29) is 0 Å². The molecular formula is C60H46N2. The normalized spacial score (nSPS) is 13.1. The van der Waals surface area contributed by atoms with Crippen LogP contribution in [-0.2, 0) is 0 Å². The SMILES string of the molecule is C1=CCC(c2ccc(-c3ccc(N(c4ccccc4)c4ccc(-c5ccc(N(c6ccc(-c7ccccc7)cc6)c6ccc(-c7ccccc7)cc6)cc5)cc4)cc3)cc2)C=C1. The highest BCUT2D eigenvalue weighted by Gasteiger charge is 2.16. The van der Waals surface area contributed by atoms with Crippen LogP contribution in [-0.4, -0.2) is 0 Å². The lowest BCUT2D eigenvalue weighted by molar-refractivity contribution is 0.854. The number of allylic oxidation sites excluding steroid dienone is 4. The van der Waals surface area contributed by atoms with Gasteiger partial charge < -0.3 is 9.80 Å². The molecule has 0 heterocycles. The molecule has 296 valence electrons. The number of rotatable bonds is 11. The summed E-state index contributed by atoms with van der Waals surface area (Å²) in [5.41, 5.74) is 17.6. The Hall–Kier alpha value is -7.94. The van der Waals surface area contributed by atoms with Gasteiger partial charge in [0, 0.05) is 40.0 Å². The van der Waals surface area contributed by atoms with Crippen LogP contribution in [0.5, 0.6) is 0 Å². The van der Waals surface area contributed by atoms with Gasteiger partial charge in [0.2, 0.25) is 0 Å². The van der Waals surface area contributed by atoms with Crippen LogP contribution >= 0.6 is 0 Å². The van der Waals surface area contributed by atoms with Crippen LogP contribution < -0.4 is 9.80 Å². The van der Waals surface area contributed by atoms with Crippen molar-refractivity contribution in [3.8, 4) is 44.5 Å². The van der Waals surface area contributed by atoms with Gasteiger partial charge in [-0.2, -0.15) is 0 Å². The number of anilines is 6. The van der Waals surface area contributed by atoms with Gasteiger partial charge in [0.15, 0.2) is 0 Å². The summed E-state index contributed by atoms with van der Waals surface area (Å²) in [6.45, 7) is 0. The summed E-state index contributed by atoms with van der Waals surface area (Å²) in [5, 5.41) is 0. The minimum Gasteiger partial charge on any atom is -0.311 e. The lowest BCUT2D eigenvalue weighted by Gasteiger charge is -2.26. The fourth-order valence-corrected chi connectivity index (χ4v) is 8.50. The Morgan fingerprint density at radius 1 is 0.258 bits per heavy atom. The van der Waals surface area contributed by atoms with Gasteiger partial charge in [-0.25, -0.2) is 0 Å². The van der Waals surface area contributed by atoms with Gasteiger partial charge in [0.1, 0.15) is 0 Å². The van der Waals surface area contributed by atoms with Crippen molar-refractivity contribution in [2.75, 3.05) is 9.80 Å². The first-order valence-corrected chi connectivity index (χ1v) is 21.4. The second-order valence-electron chi connectivity index (χ2n) is 15.8. The molecule has 0 saturated heterocycles. The van der Waals surface area contributed by atoms with Crippen LogP contribution in [0.4, 0.5) is 34.1 Å². The van der Waals surface area contributed by atoms with Crippen LogP contribution in [0.3, 0.4) is 0 Å². The molecule has 0 N–H and O–H groups in total. The molecule has 1 aliphatic rings. The van der Waals surface area contributed by atoms with Crippen molar-refractivity contribution >= 4 is 34.1 Å². The van der Waals surface area contributed by atoms with Crippen molar-refractivity contribution in [2.24, 2.45) is 0 Å². The first-order chi connectivity index (χ1) is 30.7. The molecule has 1 aliphatic carbocycles. The third-order valence-electron chi connectivity index (χ3n) is 11.8. The maximum Gasteiger partial charge on any atom is 0.0462 e. The molecule has 0 spiro atoms. The zero-order chi connectivity index (χ0) is 41.5. The Morgan fingerprint density at radius 2 is 0.532 bits per heavy atom. The Kier molecular flexibility index (Phi) is 10.9. The highest BCUT2D eigenvalue weighted by molar-refractivity contribution is 5.83. The number of nitrogens with zero attached hydrogens (tertiary/aromatic N) is 2. The molecule has 0 aromatic heterocycles. The molecule has 9 aromatic carbocycles. The summed E-state index contributed by atoms with van der Waals surface area (Å²) in [5.74, 6) is 0.454. The second kappa shape index (κ2) is 17.7. The minimum atomic E-state index is 0.454. The summed E-state index contributed by atoms with van der Waals surface area (Å²) in [6, 6.07) is 85.3. The molecule has 0 fully saturated rings. The average Bonchev–Trinajstić information content (AvgIpc) is 3.36. The minimum absolute atomic E-state index is 0.454. The molecule has 0 amide bonds. The lowest BCUT2D eigenvalue weighted by atomic mass is 9.91. The van der Waals surface area contributed by atoms with E-state index in [0.29, 0.717) is 5.92 Å². The quantitative estimate of drug-likeness (QED) is 0.129. The fraction of sp³-hybridized carbons (Fsp3) is 0.0333.